The molecule has 2 heterocycles. The number of likely N-dealkylation sites (tertiary alicyclic amines) is 2. The number of benzene rings is 2. The molecule has 2 aromatic rings. The number of phenols is 1. The van der Waals surface area contributed by atoms with Gasteiger partial charge in [0.05, 0.1) is 18.4 Å². The van der Waals surface area contributed by atoms with Gasteiger partial charge in [0.2, 0.25) is 11.8 Å². The van der Waals surface area contributed by atoms with E-state index in [2.05, 4.69) is 0 Å². The Bertz CT molecular complexity index is 1390. The van der Waals surface area contributed by atoms with E-state index in [1.165, 1.54) is 18.0 Å². The van der Waals surface area contributed by atoms with E-state index in [4.69, 9.17) is 23.2 Å². The van der Waals surface area contributed by atoms with Crippen molar-refractivity contribution in [3.63, 3.8) is 0 Å². The third-order valence-corrected chi connectivity index (χ3v) is 9.95. The molecular formula is C28H24Cl2N2O5. The normalized spacial score (nSPS) is 34.8. The van der Waals surface area contributed by atoms with Gasteiger partial charge in [0.1, 0.15) is 5.75 Å². The zero-order valence-electron chi connectivity index (χ0n) is 19.9. The van der Waals surface area contributed by atoms with Gasteiger partial charge < -0.3 is 5.11 Å². The van der Waals surface area contributed by atoms with Crippen molar-refractivity contribution in [3.8, 4) is 5.75 Å². The third kappa shape index (κ3) is 3.07. The van der Waals surface area contributed by atoms with Crippen LogP contribution in [0, 0.1) is 17.8 Å². The Morgan fingerprint density at radius 3 is 2.30 bits per heavy atom. The van der Waals surface area contributed by atoms with Crippen molar-refractivity contribution >= 4 is 46.8 Å². The molecule has 0 spiro atoms. The topological polar surface area (TPSA) is 95.0 Å². The van der Waals surface area contributed by atoms with Crippen LogP contribution in [0.2, 0.25) is 0 Å². The molecule has 1 N–H and O–H groups in total. The number of para-hydroxylation sites is 1. The number of carbonyl (C=O) groups is 4. The van der Waals surface area contributed by atoms with Gasteiger partial charge in [-0.15, -0.1) is 23.2 Å². The molecule has 0 radical (unpaired) electrons. The molecule has 0 bridgehead atoms. The zero-order valence-corrected chi connectivity index (χ0v) is 21.4. The minimum absolute atomic E-state index is 0.0672. The second kappa shape index (κ2) is 8.17. The quantitative estimate of drug-likeness (QED) is 0.366. The summed E-state index contributed by atoms with van der Waals surface area (Å²) in [5.41, 5.74) is 1.85. The summed E-state index contributed by atoms with van der Waals surface area (Å²) in [5, 5.41) is 10.8. The van der Waals surface area contributed by atoms with Gasteiger partial charge in [-0.2, -0.15) is 0 Å². The molecule has 0 unspecified atom stereocenters. The number of rotatable bonds is 3. The number of carbonyl (C=O) groups excluding carboxylic acids is 4. The third-order valence-electron chi connectivity index (χ3n) is 8.54. The first-order valence-electron chi connectivity index (χ1n) is 12.2. The fraction of sp³-hybridized carbons (Fsp3) is 0.357. The number of alkyl halides is 2. The minimum atomic E-state index is -1.90. The first-order chi connectivity index (χ1) is 17.6. The van der Waals surface area contributed by atoms with Crippen molar-refractivity contribution in [2.24, 2.45) is 17.8 Å². The molecule has 6 atom stereocenters. The van der Waals surface area contributed by atoms with E-state index in [1.54, 1.807) is 18.2 Å². The second-order valence-electron chi connectivity index (χ2n) is 10.3. The minimum Gasteiger partial charge on any atom is -0.508 e. The van der Waals surface area contributed by atoms with Gasteiger partial charge >= 0.3 is 0 Å². The zero-order chi connectivity index (χ0) is 26.3. The smallest absolute Gasteiger partial charge is 0.253 e. The highest BCUT2D eigenvalue weighted by Crippen LogP contribution is 2.65. The molecule has 6 rings (SSSR count). The van der Waals surface area contributed by atoms with Crippen molar-refractivity contribution in [1.82, 2.24) is 9.80 Å². The Balaban J connectivity index is 1.48. The van der Waals surface area contributed by atoms with Crippen LogP contribution in [0.3, 0.4) is 0 Å². The average molecular weight is 539 g/mol. The van der Waals surface area contributed by atoms with E-state index in [1.807, 2.05) is 36.4 Å². The number of nitrogens with zero attached hydrogens (tertiary/aromatic N) is 2. The largest absolute Gasteiger partial charge is 0.508 e. The molecule has 2 saturated heterocycles. The van der Waals surface area contributed by atoms with Crippen LogP contribution in [0.5, 0.6) is 5.75 Å². The molecule has 7 nitrogen and oxygen atoms in total. The predicted molar refractivity (Wildman–Crippen MR) is 136 cm³/mol. The number of phenolic OH excluding ortho intramolecular Hbond substituents is 1. The molecule has 9 heteroatoms. The number of allylic oxidation sites excluding steroid dienone is 2. The Morgan fingerprint density at radius 1 is 0.919 bits per heavy atom. The van der Waals surface area contributed by atoms with Crippen molar-refractivity contribution in [3.05, 3.63) is 77.4 Å². The van der Waals surface area contributed by atoms with E-state index in [9.17, 15) is 24.3 Å². The molecule has 1 saturated carbocycles. The number of amides is 4. The van der Waals surface area contributed by atoms with E-state index >= 15 is 0 Å². The predicted octanol–water partition coefficient (Wildman–Crippen LogP) is 3.58. The van der Waals surface area contributed by atoms with Gasteiger partial charge in [-0.25, -0.2) is 0 Å². The highest BCUT2D eigenvalue weighted by molar-refractivity contribution is 6.53. The van der Waals surface area contributed by atoms with Crippen molar-refractivity contribution in [2.75, 3.05) is 7.05 Å². The molecule has 190 valence electrons. The maximum Gasteiger partial charge on any atom is 0.253 e. The molecule has 37 heavy (non-hydrogen) atoms. The fourth-order valence-electron chi connectivity index (χ4n) is 6.81. The fourth-order valence-corrected chi connectivity index (χ4v) is 7.82. The molecular weight excluding hydrogens is 515 g/mol. The van der Waals surface area contributed by atoms with Crippen LogP contribution in [0.15, 0.2) is 66.2 Å². The van der Waals surface area contributed by atoms with Gasteiger partial charge in [-0.1, -0.05) is 60.2 Å². The van der Waals surface area contributed by atoms with Crippen LogP contribution >= 0.6 is 23.2 Å². The van der Waals surface area contributed by atoms with E-state index in [0.29, 0.717) is 11.1 Å². The summed E-state index contributed by atoms with van der Waals surface area (Å²) in [6.45, 7) is 0.155. The molecule has 2 aromatic carbocycles. The maximum absolute atomic E-state index is 13.8. The maximum atomic E-state index is 13.8. The van der Waals surface area contributed by atoms with Crippen LogP contribution in [0.1, 0.15) is 29.9 Å². The Labute approximate surface area is 223 Å². The Kier molecular flexibility index (Phi) is 5.34. The first-order valence-corrected chi connectivity index (χ1v) is 12.9. The summed E-state index contributed by atoms with van der Waals surface area (Å²) in [6.07, 6.45) is 2.08. The lowest BCUT2D eigenvalue weighted by Crippen LogP contribution is -2.60. The molecule has 4 aliphatic rings. The van der Waals surface area contributed by atoms with Crippen LogP contribution in [0.4, 0.5) is 0 Å². The van der Waals surface area contributed by atoms with Crippen molar-refractivity contribution in [2.45, 2.75) is 35.1 Å². The Hall–Kier alpha value is -3.16. The van der Waals surface area contributed by atoms with Crippen molar-refractivity contribution in [1.29, 1.82) is 0 Å². The number of hydrogen-bond acceptors (Lipinski definition) is 5. The Morgan fingerprint density at radius 2 is 1.59 bits per heavy atom. The molecule has 0 aromatic heterocycles. The van der Waals surface area contributed by atoms with E-state index in [-0.39, 0.29) is 37.0 Å². The van der Waals surface area contributed by atoms with Gasteiger partial charge in [-0.05, 0) is 30.4 Å². The van der Waals surface area contributed by atoms with Gasteiger partial charge in [0.15, 0.2) is 9.75 Å². The number of aromatic hydroxyl groups is 1. The van der Waals surface area contributed by atoms with Crippen LogP contribution in [0.25, 0.3) is 0 Å². The number of fused-ring (bicyclic) bond motifs is 4. The first kappa shape index (κ1) is 24.2. The summed E-state index contributed by atoms with van der Waals surface area (Å²) in [4.78, 5) is 52.6. The second-order valence-corrected chi connectivity index (χ2v) is 11.5. The van der Waals surface area contributed by atoms with Gasteiger partial charge in [0.25, 0.3) is 11.8 Å². The van der Waals surface area contributed by atoms with Crippen molar-refractivity contribution < 1.29 is 24.3 Å². The van der Waals surface area contributed by atoms with E-state index < -0.39 is 45.2 Å². The highest BCUT2D eigenvalue weighted by Gasteiger charge is 2.76. The molecule has 3 fully saturated rings. The SMILES string of the molecule is CN1C(=O)[C@]2(Cl)C[C@@H]3C(=CC[C@@H]4C(=O)N(Cc5ccccc5)C(=O)[C@@H]43)[C@H](c3ccccc3O)[C@]2(Cl)C1=O. The molecule has 2 aliphatic carbocycles. The number of hydrogen-bond donors (Lipinski definition) is 1. The lowest BCUT2D eigenvalue weighted by Gasteiger charge is -2.50. The lowest BCUT2D eigenvalue weighted by atomic mass is 9.56. The summed E-state index contributed by atoms with van der Waals surface area (Å²) in [6, 6.07) is 15.8. The lowest BCUT2D eigenvalue weighted by molar-refractivity contribution is -0.141. The van der Waals surface area contributed by atoms with Crippen LogP contribution in [-0.4, -0.2) is 55.3 Å². The van der Waals surface area contributed by atoms with Gasteiger partial charge in [0, 0.05) is 18.5 Å². The molecule has 2 aliphatic heterocycles. The standard InChI is InChI=1S/C28H24Cl2N2O5/c1-31-25(36)27(29)13-19-16(22(28(27,30)26(31)37)17-9-5-6-10-20(17)33)11-12-18-21(19)24(35)32(23(18)34)14-15-7-3-2-4-8-15/h2-11,18-19,21-22,33H,12-14H2,1H3/t18-,19+,21-,22+,27+,28-/m0/s1. The summed E-state index contributed by atoms with van der Waals surface area (Å²) >= 11 is 14.2. The van der Waals surface area contributed by atoms with Crippen LogP contribution < -0.4 is 0 Å². The van der Waals surface area contributed by atoms with E-state index in [0.717, 1.165) is 10.5 Å². The summed E-state index contributed by atoms with van der Waals surface area (Å²) in [5.74, 6) is -4.86. The summed E-state index contributed by atoms with van der Waals surface area (Å²) in [7, 11) is 1.34. The van der Waals surface area contributed by atoms with Crippen LogP contribution in [-0.2, 0) is 25.7 Å². The monoisotopic (exact) mass is 538 g/mol. The average Bonchev–Trinajstić information content (AvgIpc) is 3.20. The number of halogens is 2. The van der Waals surface area contributed by atoms with Gasteiger partial charge in [-0.3, -0.25) is 29.0 Å². The highest BCUT2D eigenvalue weighted by atomic mass is 35.5. The molecule has 4 amide bonds. The summed E-state index contributed by atoms with van der Waals surface area (Å²) < 4.78 is 0. The number of imide groups is 2.